The Hall–Kier alpha value is -2.24. The second kappa shape index (κ2) is 8.19. The van der Waals surface area contributed by atoms with E-state index in [0.29, 0.717) is 25.8 Å². The SMILES string of the molecule is CCC(C)(C)C(=O)C(=O)N1CC[C@H]1C(=O)OC(C)(C)CCc1cccnc1. The van der Waals surface area contributed by atoms with Gasteiger partial charge in [-0.2, -0.15) is 0 Å². The van der Waals surface area contributed by atoms with Crippen LogP contribution >= 0.6 is 0 Å². The molecule has 0 radical (unpaired) electrons. The van der Waals surface area contributed by atoms with Crippen molar-refractivity contribution in [2.24, 2.45) is 5.41 Å². The summed E-state index contributed by atoms with van der Waals surface area (Å²) in [6.07, 6.45) is 6.01. The number of Topliss-reactive ketones (excluding diaryl/α,β-unsaturated/α-hetero) is 1. The van der Waals surface area contributed by atoms with Crippen molar-refractivity contribution in [2.45, 2.75) is 71.9 Å². The first-order valence-corrected chi connectivity index (χ1v) is 9.54. The van der Waals surface area contributed by atoms with Crippen LogP contribution < -0.4 is 0 Å². The van der Waals surface area contributed by atoms with Crippen LogP contribution in [0.15, 0.2) is 24.5 Å². The lowest BCUT2D eigenvalue weighted by Crippen LogP contribution is -2.59. The van der Waals surface area contributed by atoms with Gasteiger partial charge in [0.25, 0.3) is 5.91 Å². The molecule has 0 unspecified atom stereocenters. The number of amides is 1. The molecule has 148 valence electrons. The molecule has 1 saturated heterocycles. The second-order valence-electron chi connectivity index (χ2n) is 8.41. The molecule has 0 spiro atoms. The molecule has 0 aromatic carbocycles. The maximum absolute atomic E-state index is 12.6. The maximum Gasteiger partial charge on any atom is 0.329 e. The van der Waals surface area contributed by atoms with E-state index in [4.69, 9.17) is 4.74 Å². The molecule has 0 N–H and O–H groups in total. The van der Waals surface area contributed by atoms with Crippen molar-refractivity contribution < 1.29 is 19.1 Å². The van der Waals surface area contributed by atoms with Gasteiger partial charge < -0.3 is 9.64 Å². The normalized spacial score (nSPS) is 17.2. The van der Waals surface area contributed by atoms with Gasteiger partial charge in [-0.15, -0.1) is 0 Å². The molecule has 1 aromatic heterocycles. The van der Waals surface area contributed by atoms with Crippen LogP contribution in [0.5, 0.6) is 0 Å². The number of carbonyl (C=O) groups excluding carboxylic acids is 3. The van der Waals surface area contributed by atoms with Crippen LogP contribution in [0.25, 0.3) is 0 Å². The van der Waals surface area contributed by atoms with Crippen LogP contribution in [0.3, 0.4) is 0 Å². The third kappa shape index (κ3) is 5.15. The summed E-state index contributed by atoms with van der Waals surface area (Å²) >= 11 is 0. The Labute approximate surface area is 161 Å². The fraction of sp³-hybridized carbons (Fsp3) is 0.619. The minimum Gasteiger partial charge on any atom is -0.458 e. The Bertz CT molecular complexity index is 697. The molecule has 0 aliphatic carbocycles. The number of nitrogens with zero attached hydrogens (tertiary/aromatic N) is 2. The van der Waals surface area contributed by atoms with Crippen LogP contribution in [-0.4, -0.2) is 45.7 Å². The molecule has 1 aliphatic heterocycles. The number of pyridine rings is 1. The van der Waals surface area contributed by atoms with Crippen molar-refractivity contribution in [2.75, 3.05) is 6.54 Å². The number of carbonyl (C=O) groups is 3. The van der Waals surface area contributed by atoms with Crippen molar-refractivity contribution in [1.29, 1.82) is 0 Å². The fourth-order valence-corrected chi connectivity index (χ4v) is 2.84. The van der Waals surface area contributed by atoms with Gasteiger partial charge in [0.15, 0.2) is 0 Å². The van der Waals surface area contributed by atoms with Gasteiger partial charge >= 0.3 is 5.97 Å². The van der Waals surface area contributed by atoms with E-state index >= 15 is 0 Å². The van der Waals surface area contributed by atoms with Crippen LogP contribution in [0.1, 0.15) is 59.4 Å². The standard InChI is InChI=1S/C21H30N2O4/c1-6-20(2,3)17(24)18(25)23-13-10-16(23)19(26)27-21(4,5)11-9-15-8-7-12-22-14-15/h7-8,12,14,16H,6,9-11,13H2,1-5H3/t16-/m0/s1. The summed E-state index contributed by atoms with van der Waals surface area (Å²) in [5.41, 5.74) is -0.303. The number of ether oxygens (including phenoxy) is 1. The van der Waals surface area contributed by atoms with Gasteiger partial charge in [-0.3, -0.25) is 14.6 Å². The number of ketones is 1. The van der Waals surface area contributed by atoms with Gasteiger partial charge in [-0.1, -0.05) is 26.8 Å². The van der Waals surface area contributed by atoms with Crippen LogP contribution in [0.4, 0.5) is 0 Å². The van der Waals surface area contributed by atoms with E-state index in [-0.39, 0.29) is 0 Å². The van der Waals surface area contributed by atoms with Crippen molar-refractivity contribution in [3.8, 4) is 0 Å². The highest BCUT2D eigenvalue weighted by Gasteiger charge is 2.45. The maximum atomic E-state index is 12.6. The van der Waals surface area contributed by atoms with Gasteiger partial charge in [0.05, 0.1) is 0 Å². The van der Waals surface area contributed by atoms with Crippen molar-refractivity contribution >= 4 is 17.7 Å². The fourth-order valence-electron chi connectivity index (χ4n) is 2.84. The Morgan fingerprint density at radius 1 is 1.26 bits per heavy atom. The largest absolute Gasteiger partial charge is 0.458 e. The highest BCUT2D eigenvalue weighted by atomic mass is 16.6. The molecular formula is C21H30N2O4. The number of likely N-dealkylation sites (tertiary alicyclic amines) is 1. The van der Waals surface area contributed by atoms with E-state index in [2.05, 4.69) is 4.98 Å². The van der Waals surface area contributed by atoms with E-state index in [1.54, 1.807) is 26.2 Å². The Morgan fingerprint density at radius 2 is 1.96 bits per heavy atom. The Balaban J connectivity index is 1.93. The van der Waals surface area contributed by atoms with E-state index in [1.807, 2.05) is 32.9 Å². The molecule has 6 heteroatoms. The second-order valence-corrected chi connectivity index (χ2v) is 8.41. The molecule has 2 rings (SSSR count). The van der Waals surface area contributed by atoms with Gasteiger partial charge in [0.1, 0.15) is 11.6 Å². The van der Waals surface area contributed by atoms with Crippen molar-refractivity contribution in [3.05, 3.63) is 30.1 Å². The van der Waals surface area contributed by atoms with Gasteiger partial charge in [0.2, 0.25) is 5.78 Å². The zero-order valence-corrected chi connectivity index (χ0v) is 16.9. The third-order valence-electron chi connectivity index (χ3n) is 5.36. The van der Waals surface area contributed by atoms with E-state index in [1.165, 1.54) is 4.90 Å². The zero-order chi connectivity index (χ0) is 20.2. The summed E-state index contributed by atoms with van der Waals surface area (Å²) in [5, 5.41) is 0. The van der Waals surface area contributed by atoms with Gasteiger partial charge in [-0.05, 0) is 51.2 Å². The first-order chi connectivity index (χ1) is 12.6. The zero-order valence-electron chi connectivity index (χ0n) is 16.9. The molecule has 27 heavy (non-hydrogen) atoms. The molecule has 1 amide bonds. The summed E-state index contributed by atoms with van der Waals surface area (Å²) in [5.74, 6) is -1.46. The highest BCUT2D eigenvalue weighted by Crippen LogP contribution is 2.28. The number of aryl methyl sites for hydroxylation is 1. The Morgan fingerprint density at radius 3 is 2.48 bits per heavy atom. The number of hydrogen-bond acceptors (Lipinski definition) is 5. The quantitative estimate of drug-likeness (QED) is 0.516. The predicted octanol–water partition coefficient (Wildman–Crippen LogP) is 2.94. The van der Waals surface area contributed by atoms with E-state index < -0.39 is 34.7 Å². The summed E-state index contributed by atoms with van der Waals surface area (Å²) in [4.78, 5) is 42.9. The summed E-state index contributed by atoms with van der Waals surface area (Å²) in [6.45, 7) is 9.51. The molecule has 6 nitrogen and oxygen atoms in total. The summed E-state index contributed by atoms with van der Waals surface area (Å²) in [7, 11) is 0. The summed E-state index contributed by atoms with van der Waals surface area (Å²) in [6, 6.07) is 3.20. The van der Waals surface area contributed by atoms with E-state index in [0.717, 1.165) is 12.0 Å². The number of hydrogen-bond donors (Lipinski definition) is 0. The Kier molecular flexibility index (Phi) is 6.39. The molecule has 1 atom stereocenters. The van der Waals surface area contributed by atoms with Crippen molar-refractivity contribution in [3.63, 3.8) is 0 Å². The molecular weight excluding hydrogens is 344 g/mol. The topological polar surface area (TPSA) is 76.6 Å². The molecule has 0 bridgehead atoms. The first-order valence-electron chi connectivity index (χ1n) is 9.54. The predicted molar refractivity (Wildman–Crippen MR) is 102 cm³/mol. The van der Waals surface area contributed by atoms with Crippen LogP contribution in [-0.2, 0) is 25.5 Å². The van der Waals surface area contributed by atoms with Gasteiger partial charge in [0, 0.05) is 24.4 Å². The lowest BCUT2D eigenvalue weighted by Gasteiger charge is -2.41. The third-order valence-corrected chi connectivity index (χ3v) is 5.36. The monoisotopic (exact) mass is 374 g/mol. The van der Waals surface area contributed by atoms with Crippen molar-refractivity contribution in [1.82, 2.24) is 9.88 Å². The number of esters is 1. The lowest BCUT2D eigenvalue weighted by molar-refractivity contribution is -0.174. The minimum atomic E-state index is -0.718. The van der Waals surface area contributed by atoms with Crippen LogP contribution in [0, 0.1) is 5.41 Å². The van der Waals surface area contributed by atoms with Crippen LogP contribution in [0.2, 0.25) is 0 Å². The first kappa shape index (κ1) is 21.1. The molecule has 1 fully saturated rings. The molecule has 1 aromatic rings. The molecule has 1 aliphatic rings. The smallest absolute Gasteiger partial charge is 0.329 e. The average molecular weight is 374 g/mol. The van der Waals surface area contributed by atoms with E-state index in [9.17, 15) is 14.4 Å². The number of rotatable bonds is 8. The lowest BCUT2D eigenvalue weighted by atomic mass is 9.83. The minimum absolute atomic E-state index is 0.417. The number of aromatic nitrogens is 1. The summed E-state index contributed by atoms with van der Waals surface area (Å²) < 4.78 is 5.67. The average Bonchev–Trinajstić information content (AvgIpc) is 2.58. The molecule has 2 heterocycles. The highest BCUT2D eigenvalue weighted by molar-refractivity contribution is 6.38. The molecule has 0 saturated carbocycles. The van der Waals surface area contributed by atoms with Gasteiger partial charge in [-0.25, -0.2) is 4.79 Å².